The molecule has 1 aromatic heterocycles. The summed E-state index contributed by atoms with van der Waals surface area (Å²) in [5.41, 5.74) is 1.75. The first-order chi connectivity index (χ1) is 16.4. The van der Waals surface area contributed by atoms with Crippen molar-refractivity contribution in [3.63, 3.8) is 0 Å². The molecule has 0 radical (unpaired) electrons. The van der Waals surface area contributed by atoms with Crippen LogP contribution in [0.25, 0.3) is 0 Å². The number of benzene rings is 1. The van der Waals surface area contributed by atoms with Gasteiger partial charge in [-0.3, -0.25) is 0 Å². The topological polar surface area (TPSA) is 93.5 Å². The second-order valence-corrected chi connectivity index (χ2v) is 12.4. The van der Waals surface area contributed by atoms with Crippen LogP contribution < -0.4 is 15.5 Å². The number of hydrogen-bond donors (Lipinski definition) is 4. The van der Waals surface area contributed by atoms with E-state index in [4.69, 9.17) is 4.98 Å². The summed E-state index contributed by atoms with van der Waals surface area (Å²) in [5.74, 6) is 3.54. The third-order valence-corrected chi connectivity index (χ3v) is 9.83. The molecule has 1 aliphatic heterocycles. The molecule has 5 unspecified atom stereocenters. The molecule has 6 fully saturated rings. The van der Waals surface area contributed by atoms with Gasteiger partial charge in [-0.05, 0) is 103 Å². The average Bonchev–Trinajstić information content (AvgIpc) is 3.37. The Morgan fingerprint density at radius 1 is 1.00 bits per heavy atom. The van der Waals surface area contributed by atoms with Crippen molar-refractivity contribution in [2.45, 2.75) is 68.7 Å². The molecule has 5 aliphatic carbocycles. The quantitative estimate of drug-likeness (QED) is 0.462. The van der Waals surface area contributed by atoms with Crippen LogP contribution in [-0.2, 0) is 0 Å². The predicted molar refractivity (Wildman–Crippen MR) is 135 cm³/mol. The molecule has 2 heterocycles. The van der Waals surface area contributed by atoms with Crippen molar-refractivity contribution in [2.24, 2.45) is 23.7 Å². The lowest BCUT2D eigenvalue weighted by Gasteiger charge is -2.58. The number of halogens is 1. The Morgan fingerprint density at radius 3 is 2.41 bits per heavy atom. The Kier molecular flexibility index (Phi) is 4.91. The fraction of sp³-hybridized carbons (Fsp3) is 0.615. The second kappa shape index (κ2) is 7.80. The summed E-state index contributed by atoms with van der Waals surface area (Å²) in [6, 6.07) is 9.28. The summed E-state index contributed by atoms with van der Waals surface area (Å²) >= 11 is 3.63. The number of rotatable bonds is 5. The number of aliphatic hydroxyl groups excluding tert-OH is 1. The van der Waals surface area contributed by atoms with Crippen molar-refractivity contribution >= 4 is 39.1 Å². The van der Waals surface area contributed by atoms with Crippen molar-refractivity contribution in [3.8, 4) is 0 Å². The smallest absolute Gasteiger partial charge is 0.229 e. The van der Waals surface area contributed by atoms with E-state index in [0.29, 0.717) is 41.7 Å². The lowest BCUT2D eigenvalue weighted by molar-refractivity contribution is -0.129. The van der Waals surface area contributed by atoms with Gasteiger partial charge in [0.05, 0.1) is 16.2 Å². The van der Waals surface area contributed by atoms with Crippen molar-refractivity contribution in [1.29, 1.82) is 0 Å². The van der Waals surface area contributed by atoms with Crippen molar-refractivity contribution in [2.75, 3.05) is 22.1 Å². The van der Waals surface area contributed by atoms with Gasteiger partial charge in [0.2, 0.25) is 5.95 Å². The van der Waals surface area contributed by atoms with E-state index in [1.807, 2.05) is 6.20 Å². The first-order valence-corrected chi connectivity index (χ1v) is 13.5. The Bertz CT molecular complexity index is 1080. The third-order valence-electron chi connectivity index (χ3n) is 9.25. The lowest BCUT2D eigenvalue weighted by Crippen LogP contribution is -2.59. The van der Waals surface area contributed by atoms with Gasteiger partial charge in [0.15, 0.2) is 0 Å². The summed E-state index contributed by atoms with van der Waals surface area (Å²) < 4.78 is 0.868. The van der Waals surface area contributed by atoms with Crippen LogP contribution in [0.5, 0.6) is 0 Å². The third kappa shape index (κ3) is 3.60. The van der Waals surface area contributed by atoms with Crippen molar-refractivity contribution in [3.05, 3.63) is 34.9 Å². The number of hydrogen-bond acceptors (Lipinski definition) is 7. The van der Waals surface area contributed by atoms with E-state index < -0.39 is 5.60 Å². The van der Waals surface area contributed by atoms with Crippen LogP contribution in [0.1, 0.15) is 44.9 Å². The molecule has 34 heavy (non-hydrogen) atoms. The molecular weight excluding hydrogens is 494 g/mol. The number of nitrogens with zero attached hydrogens (tertiary/aromatic N) is 3. The van der Waals surface area contributed by atoms with Crippen molar-refractivity contribution < 1.29 is 10.2 Å². The molecule has 0 spiro atoms. The van der Waals surface area contributed by atoms with Gasteiger partial charge in [0.25, 0.3) is 0 Å². The molecule has 6 aliphatic rings. The lowest BCUT2D eigenvalue weighted by atomic mass is 9.52. The van der Waals surface area contributed by atoms with E-state index in [1.165, 1.54) is 18.5 Å². The Morgan fingerprint density at radius 2 is 1.76 bits per heavy atom. The molecule has 6 bridgehead atoms. The van der Waals surface area contributed by atoms with Crippen LogP contribution in [0.2, 0.25) is 0 Å². The number of piperidine rings is 1. The summed E-state index contributed by atoms with van der Waals surface area (Å²) in [6.07, 6.45) is 8.93. The molecule has 5 atom stereocenters. The maximum absolute atomic E-state index is 10.9. The maximum Gasteiger partial charge on any atom is 0.229 e. The van der Waals surface area contributed by atoms with Gasteiger partial charge < -0.3 is 25.7 Å². The van der Waals surface area contributed by atoms with E-state index in [-0.39, 0.29) is 6.10 Å². The van der Waals surface area contributed by atoms with Crippen LogP contribution in [0.4, 0.5) is 23.1 Å². The van der Waals surface area contributed by atoms with Gasteiger partial charge in [-0.2, -0.15) is 4.98 Å². The monoisotopic (exact) mass is 525 g/mol. The van der Waals surface area contributed by atoms with Crippen LogP contribution >= 0.6 is 15.9 Å². The summed E-state index contributed by atoms with van der Waals surface area (Å²) in [6.45, 7) is 0.949. The summed E-state index contributed by atoms with van der Waals surface area (Å²) in [5, 5.41) is 28.0. The second-order valence-electron chi connectivity index (χ2n) is 11.5. The molecule has 1 aromatic carbocycles. The molecular formula is C26H32BrN5O2. The number of fused-ring (bicyclic) bond motifs is 2. The predicted octanol–water partition coefficient (Wildman–Crippen LogP) is 4.29. The first kappa shape index (κ1) is 21.4. The summed E-state index contributed by atoms with van der Waals surface area (Å²) in [7, 11) is 0. The number of aromatic nitrogens is 2. The maximum atomic E-state index is 10.9. The zero-order valence-corrected chi connectivity index (χ0v) is 20.8. The van der Waals surface area contributed by atoms with Crippen LogP contribution in [0.3, 0.4) is 0 Å². The number of aliphatic hydroxyl groups is 2. The van der Waals surface area contributed by atoms with Gasteiger partial charge in [0.1, 0.15) is 5.82 Å². The molecule has 180 valence electrons. The highest BCUT2D eigenvalue weighted by Crippen LogP contribution is 2.56. The number of nitrogens with one attached hydrogen (secondary N) is 2. The highest BCUT2D eigenvalue weighted by molar-refractivity contribution is 9.10. The van der Waals surface area contributed by atoms with Crippen LogP contribution in [0.15, 0.2) is 34.9 Å². The van der Waals surface area contributed by atoms with Gasteiger partial charge >= 0.3 is 0 Å². The van der Waals surface area contributed by atoms with Crippen molar-refractivity contribution in [1.82, 2.24) is 9.97 Å². The minimum Gasteiger partial charge on any atom is -0.393 e. The standard InChI is InChI=1S/C26H32BrN5O2/c27-21-12-28-25(29-18-1-3-19(4-2-18)32-13-17-7-20(32)8-22(17)33)31-24(21)30-23-15-5-14-6-16(23)11-26(34,9-14)10-15/h1-4,12,14-17,20,22-23,33-34H,5-11,13H2,(H2,28,29,30,31). The summed E-state index contributed by atoms with van der Waals surface area (Å²) in [4.78, 5) is 11.7. The van der Waals surface area contributed by atoms with Crippen LogP contribution in [-0.4, -0.2) is 50.5 Å². The molecule has 7 nitrogen and oxygen atoms in total. The molecule has 4 N–H and O–H groups in total. The minimum atomic E-state index is -0.426. The molecule has 5 saturated carbocycles. The zero-order chi connectivity index (χ0) is 23.0. The van der Waals surface area contributed by atoms with Gasteiger partial charge in [-0.25, -0.2) is 4.98 Å². The van der Waals surface area contributed by atoms with E-state index in [0.717, 1.165) is 54.6 Å². The highest BCUT2D eigenvalue weighted by atomic mass is 79.9. The molecule has 2 aromatic rings. The Balaban J connectivity index is 1.05. The largest absolute Gasteiger partial charge is 0.393 e. The van der Waals surface area contributed by atoms with E-state index in [9.17, 15) is 10.2 Å². The zero-order valence-electron chi connectivity index (χ0n) is 19.2. The Labute approximate surface area is 208 Å². The van der Waals surface area contributed by atoms with E-state index >= 15 is 0 Å². The molecule has 8 rings (SSSR count). The molecule has 8 heteroatoms. The molecule has 0 amide bonds. The highest BCUT2D eigenvalue weighted by Gasteiger charge is 2.54. The fourth-order valence-electron chi connectivity index (χ4n) is 8.01. The SMILES string of the molecule is OC1CC2CC1CN2c1ccc(Nc2ncc(Br)c(NC3C4CC5CC3CC(O)(C5)C4)n2)cc1. The number of anilines is 4. The van der Waals surface area contributed by atoms with E-state index in [2.05, 4.69) is 60.7 Å². The van der Waals surface area contributed by atoms with Gasteiger partial charge in [-0.1, -0.05) is 0 Å². The minimum absolute atomic E-state index is 0.122. The van der Waals surface area contributed by atoms with Gasteiger partial charge in [-0.15, -0.1) is 0 Å². The Hall–Kier alpha value is -1.90. The van der Waals surface area contributed by atoms with E-state index in [1.54, 1.807) is 0 Å². The average molecular weight is 526 g/mol. The fourth-order valence-corrected chi connectivity index (χ4v) is 8.32. The van der Waals surface area contributed by atoms with Gasteiger partial charge in [0, 0.05) is 42.1 Å². The van der Waals surface area contributed by atoms with Crippen LogP contribution in [0, 0.1) is 23.7 Å². The molecule has 1 saturated heterocycles. The first-order valence-electron chi connectivity index (χ1n) is 12.8. The normalized spacial score (nSPS) is 39.6.